The van der Waals surface area contributed by atoms with Crippen LogP contribution in [0, 0.1) is 0 Å². The molecule has 2 heterocycles. The van der Waals surface area contributed by atoms with Gasteiger partial charge in [0.25, 0.3) is 0 Å². The summed E-state index contributed by atoms with van der Waals surface area (Å²) in [7, 11) is 0. The Morgan fingerprint density at radius 3 is 2.58 bits per heavy atom. The molecule has 128 valence electrons. The van der Waals surface area contributed by atoms with Crippen LogP contribution in [-0.4, -0.2) is 32.3 Å². The zero-order chi connectivity index (χ0) is 17.5. The molecule has 0 saturated carbocycles. The van der Waals surface area contributed by atoms with Crippen molar-refractivity contribution in [2.75, 3.05) is 10.6 Å². The number of benzene rings is 1. The third-order valence-corrected chi connectivity index (χ3v) is 4.14. The highest BCUT2D eigenvalue weighted by atomic mass is 16.5. The molecule has 7 nitrogen and oxygen atoms in total. The van der Waals surface area contributed by atoms with Gasteiger partial charge in [0, 0.05) is 24.7 Å². The maximum Gasteiger partial charge on any atom is 0.221 e. The highest BCUT2D eigenvalue weighted by Gasteiger charge is 2.37. The van der Waals surface area contributed by atoms with Gasteiger partial charge in [-0.25, -0.2) is 0 Å². The molecular formula is C17H21N3O4. The summed E-state index contributed by atoms with van der Waals surface area (Å²) in [6.45, 7) is 5.65. The van der Waals surface area contributed by atoms with Crippen LogP contribution >= 0.6 is 0 Å². The Morgan fingerprint density at radius 2 is 1.96 bits per heavy atom. The van der Waals surface area contributed by atoms with Crippen molar-refractivity contribution in [2.24, 2.45) is 0 Å². The minimum atomic E-state index is -0.564. The van der Waals surface area contributed by atoms with Crippen molar-refractivity contribution in [1.82, 2.24) is 4.57 Å². The maximum atomic E-state index is 11.2. The number of rotatable bonds is 3. The van der Waals surface area contributed by atoms with Crippen LogP contribution in [0.5, 0.6) is 17.5 Å². The summed E-state index contributed by atoms with van der Waals surface area (Å²) in [6.07, 6.45) is 0. The number of hydrogen-bond acceptors (Lipinski definition) is 5. The third kappa shape index (κ3) is 2.97. The lowest BCUT2D eigenvalue weighted by molar-refractivity contribution is -0.114. The third-order valence-electron chi connectivity index (χ3n) is 4.14. The molecule has 4 N–H and O–H groups in total. The van der Waals surface area contributed by atoms with E-state index in [-0.39, 0.29) is 23.7 Å². The van der Waals surface area contributed by atoms with E-state index in [1.807, 2.05) is 13.8 Å². The molecule has 2 aromatic rings. The number of fused-ring (bicyclic) bond motifs is 1. The first-order valence-electron chi connectivity index (χ1n) is 7.71. The van der Waals surface area contributed by atoms with Crippen molar-refractivity contribution in [1.29, 1.82) is 0 Å². The van der Waals surface area contributed by atoms with Crippen molar-refractivity contribution in [3.63, 3.8) is 0 Å². The first-order chi connectivity index (χ1) is 11.3. The summed E-state index contributed by atoms with van der Waals surface area (Å²) in [4.78, 5) is 11.2. The molecule has 0 aliphatic carbocycles. The Kier molecular flexibility index (Phi) is 3.79. The van der Waals surface area contributed by atoms with E-state index in [0.717, 1.165) is 5.69 Å². The lowest BCUT2D eigenvalue weighted by Gasteiger charge is -2.41. The number of carbonyl (C=O) groups excluding carboxylic acids is 1. The molecule has 0 saturated heterocycles. The van der Waals surface area contributed by atoms with Crippen LogP contribution in [-0.2, 0) is 11.3 Å². The fourth-order valence-corrected chi connectivity index (χ4v) is 2.81. The van der Waals surface area contributed by atoms with Gasteiger partial charge in [0.15, 0.2) is 11.8 Å². The van der Waals surface area contributed by atoms with Gasteiger partial charge < -0.3 is 25.6 Å². The van der Waals surface area contributed by atoms with E-state index < -0.39 is 5.60 Å². The molecule has 0 bridgehead atoms. The van der Waals surface area contributed by atoms with Crippen molar-refractivity contribution in [3.05, 3.63) is 30.3 Å². The van der Waals surface area contributed by atoms with E-state index in [9.17, 15) is 15.0 Å². The van der Waals surface area contributed by atoms with Gasteiger partial charge in [-0.15, -0.1) is 0 Å². The SMILES string of the molecule is CC(=O)Nc1ccc2c(c1)NC(Cn1c(O)ccc1O)C(C)(C)O2. The first-order valence-corrected chi connectivity index (χ1v) is 7.71. The highest BCUT2D eigenvalue weighted by molar-refractivity contribution is 5.89. The molecule has 0 fully saturated rings. The van der Waals surface area contributed by atoms with Gasteiger partial charge in [-0.05, 0) is 32.0 Å². The number of aromatic hydroxyl groups is 2. The zero-order valence-electron chi connectivity index (χ0n) is 13.8. The number of nitrogens with zero attached hydrogens (tertiary/aromatic N) is 1. The van der Waals surface area contributed by atoms with Crippen LogP contribution in [0.1, 0.15) is 20.8 Å². The molecule has 0 spiro atoms. The fraction of sp³-hybridized carbons (Fsp3) is 0.353. The molecule has 1 atom stereocenters. The molecule has 1 aromatic carbocycles. The second-order valence-electron chi connectivity index (χ2n) is 6.45. The fourth-order valence-electron chi connectivity index (χ4n) is 2.81. The van der Waals surface area contributed by atoms with Gasteiger partial charge in [0.05, 0.1) is 18.3 Å². The number of aromatic nitrogens is 1. The van der Waals surface area contributed by atoms with Gasteiger partial charge in [0.1, 0.15) is 11.4 Å². The van der Waals surface area contributed by atoms with Gasteiger partial charge in [-0.3, -0.25) is 9.36 Å². The van der Waals surface area contributed by atoms with Crippen LogP contribution in [0.2, 0.25) is 0 Å². The second kappa shape index (κ2) is 5.67. The Bertz CT molecular complexity index is 763. The quantitative estimate of drug-likeness (QED) is 0.693. The smallest absolute Gasteiger partial charge is 0.221 e. The summed E-state index contributed by atoms with van der Waals surface area (Å²) in [5.74, 6) is 0.517. The standard InChI is InChI=1S/C17H21N3O4/c1-10(21)18-11-4-5-13-12(8-11)19-14(17(2,3)24-13)9-20-15(22)6-7-16(20)23/h4-8,14,19,22-23H,9H2,1-3H3,(H,18,21). The summed E-state index contributed by atoms with van der Waals surface area (Å²) >= 11 is 0. The van der Waals surface area contributed by atoms with Crippen molar-refractivity contribution in [2.45, 2.75) is 39.0 Å². The van der Waals surface area contributed by atoms with Crippen molar-refractivity contribution >= 4 is 17.3 Å². The Labute approximate surface area is 139 Å². The minimum Gasteiger partial charge on any atom is -0.494 e. The number of anilines is 2. The Hall–Kier alpha value is -2.83. The van der Waals surface area contributed by atoms with Gasteiger partial charge >= 0.3 is 0 Å². The lowest BCUT2D eigenvalue weighted by Crippen LogP contribution is -2.51. The number of nitrogens with one attached hydrogen (secondary N) is 2. The highest BCUT2D eigenvalue weighted by Crippen LogP contribution is 2.39. The summed E-state index contributed by atoms with van der Waals surface area (Å²) in [6, 6.07) is 8.05. The molecule has 1 unspecified atom stereocenters. The molecule has 7 heteroatoms. The molecule has 3 rings (SSSR count). The average Bonchev–Trinajstić information content (AvgIpc) is 2.79. The number of ether oxygens (including phenoxy) is 1. The Balaban J connectivity index is 1.88. The lowest BCUT2D eigenvalue weighted by atomic mass is 9.95. The summed E-state index contributed by atoms with van der Waals surface area (Å²) < 4.78 is 7.48. The predicted octanol–water partition coefficient (Wildman–Crippen LogP) is 2.51. The van der Waals surface area contributed by atoms with Crippen LogP contribution in [0.15, 0.2) is 30.3 Å². The number of hydrogen-bond donors (Lipinski definition) is 4. The van der Waals surface area contributed by atoms with Crippen molar-refractivity contribution in [3.8, 4) is 17.5 Å². The molecule has 1 amide bonds. The maximum absolute atomic E-state index is 11.2. The van der Waals surface area contributed by atoms with E-state index in [2.05, 4.69) is 10.6 Å². The summed E-state index contributed by atoms with van der Waals surface area (Å²) in [5, 5.41) is 25.8. The van der Waals surface area contributed by atoms with Gasteiger partial charge in [-0.2, -0.15) is 0 Å². The molecular weight excluding hydrogens is 310 g/mol. The zero-order valence-corrected chi connectivity index (χ0v) is 13.8. The van der Waals surface area contributed by atoms with E-state index in [1.54, 1.807) is 18.2 Å². The van der Waals surface area contributed by atoms with Gasteiger partial charge in [-0.1, -0.05) is 0 Å². The first kappa shape index (κ1) is 16.0. The minimum absolute atomic E-state index is 0.0112. The second-order valence-corrected chi connectivity index (χ2v) is 6.45. The normalized spacial score (nSPS) is 18.2. The van der Waals surface area contributed by atoms with Crippen molar-refractivity contribution < 1.29 is 19.7 Å². The number of carbonyl (C=O) groups is 1. The van der Waals surface area contributed by atoms with E-state index in [4.69, 9.17) is 4.74 Å². The van der Waals surface area contributed by atoms with E-state index >= 15 is 0 Å². The number of amides is 1. The van der Waals surface area contributed by atoms with E-state index in [0.29, 0.717) is 18.0 Å². The predicted molar refractivity (Wildman–Crippen MR) is 90.6 cm³/mol. The van der Waals surface area contributed by atoms with Gasteiger partial charge in [0.2, 0.25) is 5.91 Å². The van der Waals surface area contributed by atoms with E-state index in [1.165, 1.54) is 23.6 Å². The largest absolute Gasteiger partial charge is 0.494 e. The molecule has 1 aliphatic heterocycles. The Morgan fingerprint density at radius 1 is 1.29 bits per heavy atom. The topological polar surface area (TPSA) is 95.8 Å². The average molecular weight is 331 g/mol. The van der Waals surface area contributed by atoms with Crippen LogP contribution in [0.4, 0.5) is 11.4 Å². The van der Waals surface area contributed by atoms with Crippen LogP contribution < -0.4 is 15.4 Å². The monoisotopic (exact) mass is 331 g/mol. The molecule has 0 radical (unpaired) electrons. The van der Waals surface area contributed by atoms with Crippen LogP contribution in [0.3, 0.4) is 0 Å². The molecule has 1 aliphatic rings. The molecule has 24 heavy (non-hydrogen) atoms. The summed E-state index contributed by atoms with van der Waals surface area (Å²) in [5.41, 5.74) is 0.852. The van der Waals surface area contributed by atoms with Crippen LogP contribution in [0.25, 0.3) is 0 Å². The molecule has 1 aromatic heterocycles.